The lowest BCUT2D eigenvalue weighted by Gasteiger charge is -2.39. The minimum Gasteiger partial charge on any atom is -0.336 e. The summed E-state index contributed by atoms with van der Waals surface area (Å²) in [5.41, 5.74) is 1.04. The summed E-state index contributed by atoms with van der Waals surface area (Å²) in [5, 5.41) is 1.85. The van der Waals surface area contributed by atoms with Crippen molar-refractivity contribution in [3.63, 3.8) is 0 Å². The third-order valence-electron chi connectivity index (χ3n) is 6.71. The van der Waals surface area contributed by atoms with Crippen LogP contribution in [0.2, 0.25) is 0 Å². The van der Waals surface area contributed by atoms with Crippen LogP contribution in [-0.4, -0.2) is 36.6 Å². The third kappa shape index (κ3) is 3.31. The number of carbonyl (C=O) groups excluding carboxylic acids is 1. The zero-order valence-corrected chi connectivity index (χ0v) is 17.6. The van der Waals surface area contributed by atoms with Gasteiger partial charge in [0.2, 0.25) is 5.91 Å². The molecule has 2 unspecified atom stereocenters. The molecule has 0 saturated carbocycles. The highest BCUT2D eigenvalue weighted by Gasteiger charge is 2.46. The Hall–Kier alpha value is -2.66. The van der Waals surface area contributed by atoms with E-state index < -0.39 is 15.1 Å². The lowest BCUT2D eigenvalue weighted by atomic mass is 9.98. The van der Waals surface area contributed by atoms with Gasteiger partial charge in [-0.15, -0.1) is 0 Å². The number of hydrogen-bond acceptors (Lipinski definition) is 3. The molecule has 2 heterocycles. The number of rotatable bonds is 4. The van der Waals surface area contributed by atoms with E-state index in [1.807, 2.05) is 35.2 Å². The van der Waals surface area contributed by atoms with Crippen molar-refractivity contribution in [3.8, 4) is 0 Å². The van der Waals surface area contributed by atoms with Crippen molar-refractivity contribution in [1.29, 1.82) is 0 Å². The van der Waals surface area contributed by atoms with Crippen LogP contribution in [0, 0.1) is 0 Å². The molecular weight excluding hydrogens is 394 g/mol. The zero-order chi connectivity index (χ0) is 20.7. The Morgan fingerprint density at radius 2 is 1.47 bits per heavy atom. The predicted octanol–water partition coefficient (Wildman–Crippen LogP) is 4.38. The first-order chi connectivity index (χ1) is 14.5. The van der Waals surface area contributed by atoms with Gasteiger partial charge in [-0.05, 0) is 54.2 Å². The second-order valence-corrected chi connectivity index (χ2v) is 10.7. The van der Waals surface area contributed by atoms with Gasteiger partial charge in [-0.25, -0.2) is 8.42 Å². The summed E-state index contributed by atoms with van der Waals surface area (Å²) in [6, 6.07) is 23.0. The molecule has 3 aromatic rings. The molecule has 2 fully saturated rings. The van der Waals surface area contributed by atoms with Crippen molar-refractivity contribution in [2.24, 2.45) is 0 Å². The number of hydrogen-bond donors (Lipinski definition) is 0. The molecule has 3 aromatic carbocycles. The maximum absolute atomic E-state index is 13.3. The van der Waals surface area contributed by atoms with Crippen molar-refractivity contribution >= 4 is 26.5 Å². The molecule has 5 rings (SSSR count). The first kappa shape index (κ1) is 19.3. The zero-order valence-electron chi connectivity index (χ0n) is 16.8. The highest BCUT2D eigenvalue weighted by Crippen LogP contribution is 2.40. The van der Waals surface area contributed by atoms with Crippen molar-refractivity contribution in [2.75, 3.05) is 0 Å². The molecule has 1 amide bonds. The minimum atomic E-state index is -3.36. The van der Waals surface area contributed by atoms with Crippen LogP contribution in [0.5, 0.6) is 0 Å². The standard InChI is InChI=1S/C25H25NO3S/c27-25(15-19-9-6-8-18-7-4-5-12-24(18)19)26-20-13-14-21(26)17-23(16-20)30(28,29)22-10-2-1-3-11-22/h1-12,20-21,23H,13-17H2. The first-order valence-electron chi connectivity index (χ1n) is 10.6. The first-order valence-corrected chi connectivity index (χ1v) is 12.2. The SMILES string of the molecule is O=C(Cc1cccc2ccccc12)N1C2CCC1CC(S(=O)(=O)c1ccccc1)C2. The van der Waals surface area contributed by atoms with Crippen LogP contribution >= 0.6 is 0 Å². The predicted molar refractivity (Wildman–Crippen MR) is 118 cm³/mol. The Labute approximate surface area is 177 Å². The average Bonchev–Trinajstić information content (AvgIpc) is 3.04. The number of nitrogens with zero attached hydrogens (tertiary/aromatic N) is 1. The Balaban J connectivity index is 1.36. The number of amides is 1. The number of carbonyl (C=O) groups is 1. The number of piperidine rings is 1. The van der Waals surface area contributed by atoms with Gasteiger partial charge < -0.3 is 4.90 Å². The minimum absolute atomic E-state index is 0.0229. The molecule has 2 saturated heterocycles. The molecule has 2 aliphatic heterocycles. The molecule has 5 heteroatoms. The largest absolute Gasteiger partial charge is 0.336 e. The summed E-state index contributed by atoms with van der Waals surface area (Å²) >= 11 is 0. The summed E-state index contributed by atoms with van der Waals surface area (Å²) in [5.74, 6) is 0.120. The Morgan fingerprint density at radius 3 is 2.20 bits per heavy atom. The van der Waals surface area contributed by atoms with Gasteiger partial charge in [-0.1, -0.05) is 60.7 Å². The molecular formula is C25H25NO3S. The molecule has 0 aromatic heterocycles. The molecule has 2 aliphatic rings. The van der Waals surface area contributed by atoms with E-state index in [2.05, 4.69) is 18.2 Å². The lowest BCUT2D eigenvalue weighted by molar-refractivity contribution is -0.134. The van der Waals surface area contributed by atoms with E-state index in [9.17, 15) is 13.2 Å². The Morgan fingerprint density at radius 1 is 0.833 bits per heavy atom. The van der Waals surface area contributed by atoms with E-state index in [1.54, 1.807) is 24.3 Å². The fourth-order valence-electron chi connectivity index (χ4n) is 5.29. The highest BCUT2D eigenvalue weighted by atomic mass is 32.2. The van der Waals surface area contributed by atoms with E-state index >= 15 is 0 Å². The van der Waals surface area contributed by atoms with E-state index in [0.717, 1.165) is 29.2 Å². The molecule has 154 valence electrons. The van der Waals surface area contributed by atoms with E-state index in [-0.39, 0.29) is 18.0 Å². The van der Waals surface area contributed by atoms with Gasteiger partial charge in [0.15, 0.2) is 9.84 Å². The van der Waals surface area contributed by atoms with Crippen LogP contribution in [0.15, 0.2) is 77.7 Å². The van der Waals surface area contributed by atoms with Gasteiger partial charge in [0, 0.05) is 12.1 Å². The van der Waals surface area contributed by atoms with Crippen LogP contribution in [-0.2, 0) is 21.1 Å². The fourth-order valence-corrected chi connectivity index (χ4v) is 7.16. The second kappa shape index (κ2) is 7.55. The van der Waals surface area contributed by atoms with Gasteiger partial charge >= 0.3 is 0 Å². The van der Waals surface area contributed by atoms with Crippen LogP contribution < -0.4 is 0 Å². The molecule has 2 bridgehead atoms. The van der Waals surface area contributed by atoms with Crippen molar-refractivity contribution in [3.05, 3.63) is 78.4 Å². The maximum Gasteiger partial charge on any atom is 0.227 e. The van der Waals surface area contributed by atoms with E-state index in [1.165, 1.54) is 0 Å². The van der Waals surface area contributed by atoms with E-state index in [4.69, 9.17) is 0 Å². The summed E-state index contributed by atoms with van der Waals surface area (Å²) in [6.45, 7) is 0. The average molecular weight is 420 g/mol. The van der Waals surface area contributed by atoms with Crippen LogP contribution in [0.25, 0.3) is 10.8 Å². The van der Waals surface area contributed by atoms with Crippen LogP contribution in [0.1, 0.15) is 31.2 Å². The number of sulfone groups is 1. The number of fused-ring (bicyclic) bond motifs is 3. The molecule has 2 atom stereocenters. The fraction of sp³-hybridized carbons (Fsp3) is 0.320. The Bertz CT molecular complexity index is 1170. The summed E-state index contributed by atoms with van der Waals surface area (Å²) in [6.07, 6.45) is 3.23. The normalized spacial score (nSPS) is 23.6. The smallest absolute Gasteiger partial charge is 0.227 e. The third-order valence-corrected chi connectivity index (χ3v) is 8.90. The van der Waals surface area contributed by atoms with Crippen molar-refractivity contribution in [1.82, 2.24) is 4.90 Å². The van der Waals surface area contributed by atoms with Crippen molar-refractivity contribution in [2.45, 2.75) is 54.3 Å². The molecule has 30 heavy (non-hydrogen) atoms. The lowest BCUT2D eigenvalue weighted by Crippen LogP contribution is -2.50. The molecule has 0 radical (unpaired) electrons. The van der Waals surface area contributed by atoms with Crippen LogP contribution in [0.4, 0.5) is 0 Å². The van der Waals surface area contributed by atoms with E-state index in [0.29, 0.717) is 24.2 Å². The molecule has 4 nitrogen and oxygen atoms in total. The van der Waals surface area contributed by atoms with Crippen LogP contribution in [0.3, 0.4) is 0 Å². The topological polar surface area (TPSA) is 54.5 Å². The second-order valence-electron chi connectivity index (χ2n) is 8.45. The monoisotopic (exact) mass is 419 g/mol. The van der Waals surface area contributed by atoms with Crippen molar-refractivity contribution < 1.29 is 13.2 Å². The number of benzene rings is 3. The van der Waals surface area contributed by atoms with Gasteiger partial charge in [0.1, 0.15) is 0 Å². The van der Waals surface area contributed by atoms with Gasteiger partial charge in [0.05, 0.1) is 16.6 Å². The molecule has 0 N–H and O–H groups in total. The highest BCUT2D eigenvalue weighted by molar-refractivity contribution is 7.92. The summed E-state index contributed by atoms with van der Waals surface area (Å²) in [7, 11) is -3.36. The van der Waals surface area contributed by atoms with Gasteiger partial charge in [-0.3, -0.25) is 4.79 Å². The van der Waals surface area contributed by atoms with Gasteiger partial charge in [-0.2, -0.15) is 0 Å². The quantitative estimate of drug-likeness (QED) is 0.631. The molecule has 0 aliphatic carbocycles. The molecule has 0 spiro atoms. The van der Waals surface area contributed by atoms with Gasteiger partial charge in [0.25, 0.3) is 0 Å². The maximum atomic E-state index is 13.3. The summed E-state index contributed by atoms with van der Waals surface area (Å²) in [4.78, 5) is 15.7. The Kier molecular flexibility index (Phi) is 4.86. The summed E-state index contributed by atoms with van der Waals surface area (Å²) < 4.78 is 26.2.